The SMILES string of the molecule is NS(=O)(=O)c1ccc(NC(=O)C(=O)c2cn(Cc3ccc(F)cc3)c3ncccc23)cc1. The Morgan fingerprint density at radius 1 is 1.03 bits per heavy atom. The molecular weight excluding hydrogens is 435 g/mol. The Kier molecular flexibility index (Phi) is 5.56. The van der Waals surface area contributed by atoms with E-state index in [-0.39, 0.29) is 22.0 Å². The minimum Gasteiger partial charge on any atom is -0.327 e. The van der Waals surface area contributed by atoms with E-state index in [1.54, 1.807) is 35.0 Å². The Hall–Kier alpha value is -3.89. The molecule has 0 aliphatic heterocycles. The molecule has 0 radical (unpaired) electrons. The molecule has 4 rings (SSSR count). The van der Waals surface area contributed by atoms with E-state index in [1.807, 2.05) is 0 Å². The molecule has 4 aromatic rings. The lowest BCUT2D eigenvalue weighted by atomic mass is 10.1. The molecule has 10 heteroatoms. The second-order valence-electron chi connectivity index (χ2n) is 7.02. The van der Waals surface area contributed by atoms with E-state index in [0.717, 1.165) is 5.56 Å². The standard InChI is InChI=1S/C22H17FN4O4S/c23-15-5-3-14(4-6-15)12-27-13-19(18-2-1-11-25-21(18)27)20(28)22(29)26-16-7-9-17(10-8-16)32(24,30)31/h1-11,13H,12H2,(H,26,29)(H2,24,30,31). The van der Waals surface area contributed by atoms with Gasteiger partial charge in [-0.1, -0.05) is 12.1 Å². The van der Waals surface area contributed by atoms with E-state index in [2.05, 4.69) is 10.3 Å². The van der Waals surface area contributed by atoms with Crippen molar-refractivity contribution >= 4 is 38.4 Å². The van der Waals surface area contributed by atoms with Crippen LogP contribution in [0.5, 0.6) is 0 Å². The number of nitrogens with two attached hydrogens (primary N) is 1. The average Bonchev–Trinajstić information content (AvgIpc) is 3.13. The number of nitrogens with one attached hydrogen (secondary N) is 1. The van der Waals surface area contributed by atoms with Crippen LogP contribution in [0, 0.1) is 5.82 Å². The molecule has 0 bridgehead atoms. The third-order valence-electron chi connectivity index (χ3n) is 4.79. The average molecular weight is 452 g/mol. The van der Waals surface area contributed by atoms with E-state index in [4.69, 9.17) is 5.14 Å². The lowest BCUT2D eigenvalue weighted by Gasteiger charge is -2.05. The first-order chi connectivity index (χ1) is 15.2. The van der Waals surface area contributed by atoms with Gasteiger partial charge in [0.1, 0.15) is 11.5 Å². The number of benzene rings is 2. The number of nitrogens with zero attached hydrogens (tertiary/aromatic N) is 2. The first kappa shape index (κ1) is 21.3. The number of fused-ring (bicyclic) bond motifs is 1. The fourth-order valence-electron chi connectivity index (χ4n) is 3.25. The second-order valence-corrected chi connectivity index (χ2v) is 8.59. The Bertz CT molecular complexity index is 1430. The normalized spacial score (nSPS) is 11.4. The number of Topliss-reactive ketones (excluding diaryl/α,β-unsaturated/α-hetero) is 1. The molecule has 2 aromatic carbocycles. The number of rotatable bonds is 6. The molecule has 0 saturated carbocycles. The van der Waals surface area contributed by atoms with Crippen molar-refractivity contribution in [2.75, 3.05) is 5.32 Å². The molecule has 8 nitrogen and oxygen atoms in total. The second kappa shape index (κ2) is 8.33. The summed E-state index contributed by atoms with van der Waals surface area (Å²) in [6.07, 6.45) is 3.11. The molecule has 0 aliphatic carbocycles. The maximum absolute atomic E-state index is 13.2. The molecule has 0 spiro atoms. The van der Waals surface area contributed by atoms with Gasteiger partial charge in [-0.15, -0.1) is 0 Å². The largest absolute Gasteiger partial charge is 0.327 e. The van der Waals surface area contributed by atoms with Gasteiger partial charge in [-0.05, 0) is 54.1 Å². The van der Waals surface area contributed by atoms with Gasteiger partial charge in [0.25, 0.3) is 11.7 Å². The molecule has 1 amide bonds. The highest BCUT2D eigenvalue weighted by Gasteiger charge is 2.22. The summed E-state index contributed by atoms with van der Waals surface area (Å²) in [5.74, 6) is -2.02. The number of amides is 1. The minimum atomic E-state index is -3.87. The van der Waals surface area contributed by atoms with E-state index in [0.29, 0.717) is 17.6 Å². The number of ketones is 1. The van der Waals surface area contributed by atoms with E-state index < -0.39 is 21.7 Å². The lowest BCUT2D eigenvalue weighted by Crippen LogP contribution is -2.22. The summed E-state index contributed by atoms with van der Waals surface area (Å²) in [5.41, 5.74) is 1.70. The molecule has 0 saturated heterocycles. The van der Waals surface area contributed by atoms with Crippen LogP contribution >= 0.6 is 0 Å². The van der Waals surface area contributed by atoms with Crippen molar-refractivity contribution in [3.05, 3.63) is 90.0 Å². The number of carbonyl (C=O) groups is 2. The third-order valence-corrected chi connectivity index (χ3v) is 5.72. The number of primary sulfonamides is 1. The Labute approximate surface area is 182 Å². The van der Waals surface area contributed by atoms with Crippen molar-refractivity contribution in [3.63, 3.8) is 0 Å². The van der Waals surface area contributed by atoms with Gasteiger partial charge < -0.3 is 9.88 Å². The summed E-state index contributed by atoms with van der Waals surface area (Å²) in [6, 6.07) is 14.4. The van der Waals surface area contributed by atoms with Gasteiger partial charge in [-0.2, -0.15) is 0 Å². The van der Waals surface area contributed by atoms with E-state index in [1.165, 1.54) is 42.6 Å². The molecular formula is C22H17FN4O4S. The highest BCUT2D eigenvalue weighted by molar-refractivity contribution is 7.89. The highest BCUT2D eigenvalue weighted by Crippen LogP contribution is 2.22. The number of halogens is 1. The van der Waals surface area contributed by atoms with Crippen molar-refractivity contribution in [2.24, 2.45) is 5.14 Å². The molecule has 0 atom stereocenters. The van der Waals surface area contributed by atoms with Crippen LogP contribution in [0.4, 0.5) is 10.1 Å². The predicted molar refractivity (Wildman–Crippen MR) is 116 cm³/mol. The van der Waals surface area contributed by atoms with E-state index >= 15 is 0 Å². The summed E-state index contributed by atoms with van der Waals surface area (Å²) in [6.45, 7) is 0.331. The van der Waals surface area contributed by atoms with Crippen LogP contribution in [0.1, 0.15) is 15.9 Å². The van der Waals surface area contributed by atoms with Crippen LogP contribution in [-0.2, 0) is 21.4 Å². The van der Waals surface area contributed by atoms with Crippen LogP contribution in [0.2, 0.25) is 0 Å². The fourth-order valence-corrected chi connectivity index (χ4v) is 3.76. The maximum Gasteiger partial charge on any atom is 0.296 e. The molecule has 32 heavy (non-hydrogen) atoms. The van der Waals surface area contributed by atoms with Crippen molar-refractivity contribution in [2.45, 2.75) is 11.4 Å². The highest BCUT2D eigenvalue weighted by atomic mass is 32.2. The summed E-state index contributed by atoms with van der Waals surface area (Å²) in [4.78, 5) is 29.6. The number of sulfonamides is 1. The van der Waals surface area contributed by atoms with Gasteiger partial charge in [0.15, 0.2) is 0 Å². The van der Waals surface area contributed by atoms with Crippen molar-refractivity contribution < 1.29 is 22.4 Å². The van der Waals surface area contributed by atoms with Gasteiger partial charge in [-0.25, -0.2) is 22.9 Å². The summed E-state index contributed by atoms with van der Waals surface area (Å²) >= 11 is 0. The van der Waals surface area contributed by atoms with Crippen LogP contribution in [-0.4, -0.2) is 29.7 Å². The Balaban J connectivity index is 1.60. The molecule has 2 aromatic heterocycles. The van der Waals surface area contributed by atoms with Gasteiger partial charge in [0, 0.05) is 30.0 Å². The van der Waals surface area contributed by atoms with Crippen LogP contribution < -0.4 is 10.5 Å². The molecule has 3 N–H and O–H groups in total. The number of aromatic nitrogens is 2. The summed E-state index contributed by atoms with van der Waals surface area (Å²) < 4.78 is 37.6. The zero-order valence-corrected chi connectivity index (χ0v) is 17.3. The van der Waals surface area contributed by atoms with Crippen LogP contribution in [0.15, 0.2) is 78.0 Å². The number of pyridine rings is 1. The molecule has 162 valence electrons. The number of anilines is 1. The molecule has 2 heterocycles. The quantitative estimate of drug-likeness (QED) is 0.344. The summed E-state index contributed by atoms with van der Waals surface area (Å²) in [5, 5.41) is 8.01. The molecule has 0 unspecified atom stereocenters. The maximum atomic E-state index is 13.2. The Morgan fingerprint density at radius 2 is 1.72 bits per heavy atom. The molecule has 0 fully saturated rings. The third kappa shape index (κ3) is 4.41. The number of hydrogen-bond donors (Lipinski definition) is 2. The summed E-state index contributed by atoms with van der Waals surface area (Å²) in [7, 11) is -3.87. The van der Waals surface area contributed by atoms with Crippen molar-refractivity contribution in [1.29, 1.82) is 0 Å². The van der Waals surface area contributed by atoms with Gasteiger partial charge in [0.05, 0.1) is 10.5 Å². The fraction of sp³-hybridized carbons (Fsp3) is 0.0455. The first-order valence-corrected chi connectivity index (χ1v) is 10.9. The van der Waals surface area contributed by atoms with Gasteiger partial charge in [0.2, 0.25) is 10.0 Å². The smallest absolute Gasteiger partial charge is 0.296 e. The number of hydrogen-bond acceptors (Lipinski definition) is 5. The van der Waals surface area contributed by atoms with Crippen LogP contribution in [0.3, 0.4) is 0 Å². The Morgan fingerprint density at radius 3 is 2.38 bits per heavy atom. The van der Waals surface area contributed by atoms with Crippen molar-refractivity contribution in [3.8, 4) is 0 Å². The van der Waals surface area contributed by atoms with Crippen LogP contribution in [0.25, 0.3) is 11.0 Å². The monoisotopic (exact) mass is 452 g/mol. The molecule has 0 aliphatic rings. The topological polar surface area (TPSA) is 124 Å². The minimum absolute atomic E-state index is 0.114. The van der Waals surface area contributed by atoms with Gasteiger partial charge >= 0.3 is 0 Å². The zero-order chi connectivity index (χ0) is 22.9. The van der Waals surface area contributed by atoms with E-state index in [9.17, 15) is 22.4 Å². The first-order valence-electron chi connectivity index (χ1n) is 9.39. The van der Waals surface area contributed by atoms with Gasteiger partial charge in [-0.3, -0.25) is 9.59 Å². The lowest BCUT2D eigenvalue weighted by molar-refractivity contribution is -0.112. The zero-order valence-electron chi connectivity index (χ0n) is 16.5. The van der Waals surface area contributed by atoms with Crippen molar-refractivity contribution in [1.82, 2.24) is 9.55 Å². The number of carbonyl (C=O) groups excluding carboxylic acids is 2. The predicted octanol–water partition coefficient (Wildman–Crippen LogP) is 2.69.